The van der Waals surface area contributed by atoms with Gasteiger partial charge in [-0.2, -0.15) is 0 Å². The number of rotatable bonds is 7. The first-order valence-electron chi connectivity index (χ1n) is 5.89. The van der Waals surface area contributed by atoms with Gasteiger partial charge in [0.25, 0.3) is 0 Å². The lowest BCUT2D eigenvalue weighted by atomic mass is 10.1. The summed E-state index contributed by atoms with van der Waals surface area (Å²) in [6.07, 6.45) is 2.77. The minimum absolute atomic E-state index is 0.187. The van der Waals surface area contributed by atoms with E-state index in [0.29, 0.717) is 11.4 Å². The first-order chi connectivity index (χ1) is 8.40. The molecule has 0 aliphatic rings. The molecule has 1 unspecified atom stereocenters. The molecule has 7 heteroatoms. The predicted octanol–water partition coefficient (Wildman–Crippen LogP) is 2.61. The molecule has 0 spiro atoms. The SMILES string of the molecule is CCCCC(CN)NS(=O)(=O)c1cc(Br)sc1C. The molecule has 0 aromatic carbocycles. The largest absolute Gasteiger partial charge is 0.329 e. The lowest BCUT2D eigenvalue weighted by molar-refractivity contribution is 0.516. The predicted molar refractivity (Wildman–Crippen MR) is 79.4 cm³/mol. The Morgan fingerprint density at radius 2 is 2.22 bits per heavy atom. The van der Waals surface area contributed by atoms with Crippen molar-refractivity contribution >= 4 is 37.3 Å². The van der Waals surface area contributed by atoms with Gasteiger partial charge in [0.1, 0.15) is 0 Å². The van der Waals surface area contributed by atoms with Gasteiger partial charge >= 0.3 is 0 Å². The normalized spacial score (nSPS) is 13.8. The van der Waals surface area contributed by atoms with Gasteiger partial charge in [-0.05, 0) is 35.3 Å². The van der Waals surface area contributed by atoms with Crippen molar-refractivity contribution in [2.24, 2.45) is 5.73 Å². The number of sulfonamides is 1. The summed E-state index contributed by atoms with van der Waals surface area (Å²) in [5, 5.41) is 0. The molecule has 1 atom stereocenters. The average molecular weight is 355 g/mol. The molecule has 1 rings (SSSR count). The van der Waals surface area contributed by atoms with E-state index < -0.39 is 10.0 Å². The fourth-order valence-electron chi connectivity index (χ4n) is 1.66. The molecule has 1 heterocycles. The third-order valence-corrected chi connectivity index (χ3v) is 5.97. The van der Waals surface area contributed by atoms with E-state index in [2.05, 4.69) is 27.6 Å². The fraction of sp³-hybridized carbons (Fsp3) is 0.636. The third-order valence-electron chi connectivity index (χ3n) is 2.64. The van der Waals surface area contributed by atoms with Crippen LogP contribution in [0.15, 0.2) is 14.7 Å². The van der Waals surface area contributed by atoms with Crippen molar-refractivity contribution in [1.29, 1.82) is 0 Å². The van der Waals surface area contributed by atoms with E-state index in [4.69, 9.17) is 5.73 Å². The van der Waals surface area contributed by atoms with Crippen LogP contribution in [-0.4, -0.2) is 21.0 Å². The monoisotopic (exact) mass is 354 g/mol. The summed E-state index contributed by atoms with van der Waals surface area (Å²) in [5.41, 5.74) is 5.61. The highest BCUT2D eigenvalue weighted by Crippen LogP contribution is 2.29. The molecule has 18 heavy (non-hydrogen) atoms. The third kappa shape index (κ3) is 4.31. The Morgan fingerprint density at radius 3 is 2.67 bits per heavy atom. The van der Waals surface area contributed by atoms with Crippen molar-refractivity contribution in [3.05, 3.63) is 14.7 Å². The summed E-state index contributed by atoms with van der Waals surface area (Å²) in [4.78, 5) is 1.12. The van der Waals surface area contributed by atoms with Gasteiger partial charge in [0.05, 0.1) is 8.68 Å². The molecular weight excluding hydrogens is 336 g/mol. The number of thiophene rings is 1. The Labute approximate surface area is 121 Å². The topological polar surface area (TPSA) is 72.2 Å². The molecule has 0 aliphatic heterocycles. The zero-order chi connectivity index (χ0) is 13.8. The Bertz CT molecular complexity index is 485. The molecule has 4 nitrogen and oxygen atoms in total. The van der Waals surface area contributed by atoms with Crippen LogP contribution in [0.3, 0.4) is 0 Å². The molecule has 1 aromatic rings. The van der Waals surface area contributed by atoms with E-state index in [0.717, 1.165) is 27.9 Å². The maximum absolute atomic E-state index is 12.2. The summed E-state index contributed by atoms with van der Waals surface area (Å²) in [6.45, 7) is 4.19. The average Bonchev–Trinajstić information content (AvgIpc) is 2.64. The van der Waals surface area contributed by atoms with Gasteiger partial charge in [0.2, 0.25) is 10.0 Å². The molecule has 0 amide bonds. The van der Waals surface area contributed by atoms with Crippen LogP contribution in [0.1, 0.15) is 31.1 Å². The molecule has 3 N–H and O–H groups in total. The molecule has 0 radical (unpaired) electrons. The van der Waals surface area contributed by atoms with E-state index in [1.165, 1.54) is 11.3 Å². The van der Waals surface area contributed by atoms with Gasteiger partial charge in [-0.3, -0.25) is 0 Å². The Morgan fingerprint density at radius 1 is 1.56 bits per heavy atom. The molecule has 0 fully saturated rings. The minimum Gasteiger partial charge on any atom is -0.329 e. The van der Waals surface area contributed by atoms with Crippen LogP contribution in [0.25, 0.3) is 0 Å². The second-order valence-corrected chi connectivity index (χ2v) is 8.49. The van der Waals surface area contributed by atoms with Crippen LogP contribution in [-0.2, 0) is 10.0 Å². The van der Waals surface area contributed by atoms with Crippen molar-refractivity contribution in [3.63, 3.8) is 0 Å². The van der Waals surface area contributed by atoms with Crippen LogP contribution < -0.4 is 10.5 Å². The van der Waals surface area contributed by atoms with Crippen LogP contribution in [0, 0.1) is 6.92 Å². The highest BCUT2D eigenvalue weighted by molar-refractivity contribution is 9.11. The Hall–Kier alpha value is 0.0500. The molecule has 0 saturated carbocycles. The lowest BCUT2D eigenvalue weighted by Crippen LogP contribution is -2.40. The summed E-state index contributed by atoms with van der Waals surface area (Å²) < 4.78 is 27.9. The summed E-state index contributed by atoms with van der Waals surface area (Å²) in [6, 6.07) is 1.45. The van der Waals surface area contributed by atoms with E-state index >= 15 is 0 Å². The highest BCUT2D eigenvalue weighted by Gasteiger charge is 2.22. The second-order valence-electron chi connectivity index (χ2n) is 4.17. The van der Waals surface area contributed by atoms with Gasteiger partial charge in [-0.15, -0.1) is 11.3 Å². The van der Waals surface area contributed by atoms with Gasteiger partial charge in [0.15, 0.2) is 0 Å². The number of hydrogen-bond acceptors (Lipinski definition) is 4. The highest BCUT2D eigenvalue weighted by atomic mass is 79.9. The fourth-order valence-corrected chi connectivity index (χ4v) is 5.35. The zero-order valence-corrected chi connectivity index (χ0v) is 13.8. The van der Waals surface area contributed by atoms with E-state index in [1.54, 1.807) is 13.0 Å². The number of hydrogen-bond donors (Lipinski definition) is 2. The van der Waals surface area contributed by atoms with Crippen LogP contribution in [0.4, 0.5) is 0 Å². The van der Waals surface area contributed by atoms with Crippen LogP contribution in [0.2, 0.25) is 0 Å². The summed E-state index contributed by atoms with van der Waals surface area (Å²) in [7, 11) is -3.46. The number of unbranched alkanes of at least 4 members (excludes halogenated alkanes) is 1. The lowest BCUT2D eigenvalue weighted by Gasteiger charge is -2.16. The summed E-state index contributed by atoms with van der Waals surface area (Å²) in [5.74, 6) is 0. The van der Waals surface area contributed by atoms with Gasteiger partial charge < -0.3 is 5.73 Å². The summed E-state index contributed by atoms with van der Waals surface area (Å²) >= 11 is 4.72. The number of nitrogens with one attached hydrogen (secondary N) is 1. The van der Waals surface area contributed by atoms with Gasteiger partial charge in [-0.25, -0.2) is 13.1 Å². The van der Waals surface area contributed by atoms with Crippen molar-refractivity contribution < 1.29 is 8.42 Å². The van der Waals surface area contributed by atoms with E-state index in [1.807, 2.05) is 0 Å². The second kappa shape index (κ2) is 7.00. The minimum atomic E-state index is -3.46. The van der Waals surface area contributed by atoms with Crippen molar-refractivity contribution in [2.45, 2.75) is 44.0 Å². The number of halogens is 1. The number of aryl methyl sites for hydroxylation is 1. The Kier molecular flexibility index (Phi) is 6.26. The molecule has 104 valence electrons. The molecule has 0 saturated heterocycles. The standard InChI is InChI=1S/C11H19BrN2O2S2/c1-3-4-5-9(7-13)14-18(15,16)10-6-11(12)17-8(10)2/h6,9,14H,3-5,7,13H2,1-2H3. The Balaban J connectivity index is 2.83. The van der Waals surface area contributed by atoms with Gasteiger partial charge in [-0.1, -0.05) is 19.8 Å². The van der Waals surface area contributed by atoms with Crippen LogP contribution in [0.5, 0.6) is 0 Å². The first-order valence-corrected chi connectivity index (χ1v) is 8.98. The molecule has 0 aliphatic carbocycles. The quantitative estimate of drug-likeness (QED) is 0.790. The van der Waals surface area contributed by atoms with Crippen molar-refractivity contribution in [2.75, 3.05) is 6.54 Å². The van der Waals surface area contributed by atoms with Gasteiger partial charge in [0, 0.05) is 17.5 Å². The molecule has 0 bridgehead atoms. The first kappa shape index (κ1) is 16.1. The smallest absolute Gasteiger partial charge is 0.241 e. The number of nitrogens with two attached hydrogens (primary N) is 1. The van der Waals surface area contributed by atoms with E-state index in [9.17, 15) is 8.42 Å². The van der Waals surface area contributed by atoms with Crippen molar-refractivity contribution in [1.82, 2.24) is 4.72 Å². The van der Waals surface area contributed by atoms with Crippen molar-refractivity contribution in [3.8, 4) is 0 Å². The molecule has 1 aromatic heterocycles. The van der Waals surface area contributed by atoms with E-state index in [-0.39, 0.29) is 6.04 Å². The van der Waals surface area contributed by atoms with Crippen LogP contribution >= 0.6 is 27.3 Å². The zero-order valence-electron chi connectivity index (χ0n) is 10.6. The molecular formula is C11H19BrN2O2S2. The maximum Gasteiger partial charge on any atom is 0.241 e. The maximum atomic E-state index is 12.2.